The van der Waals surface area contributed by atoms with Gasteiger partial charge in [-0.05, 0) is 30.0 Å². The molecule has 0 aliphatic carbocycles. The van der Waals surface area contributed by atoms with E-state index in [0.29, 0.717) is 5.92 Å². The Morgan fingerprint density at radius 2 is 2.21 bits per heavy atom. The first-order chi connectivity index (χ1) is 6.66. The maximum absolute atomic E-state index is 6.10. The zero-order valence-electron chi connectivity index (χ0n) is 8.34. The van der Waals surface area contributed by atoms with Crippen LogP contribution in [0.2, 0.25) is 5.02 Å². The zero-order valence-corrected chi connectivity index (χ0v) is 9.10. The van der Waals surface area contributed by atoms with Crippen molar-refractivity contribution in [3.05, 3.63) is 29.0 Å². The maximum Gasteiger partial charge on any atom is 0.107 e. The largest absolute Gasteiger partial charge is 0.345 e. The molecule has 0 saturated heterocycles. The first-order valence-electron chi connectivity index (χ1n) is 4.78. The third kappa shape index (κ3) is 1.75. The van der Waals surface area contributed by atoms with Crippen LogP contribution in [0.25, 0.3) is 11.0 Å². The SMILES string of the molecule is CC(C)Cc1cc(Cl)c2nc[nH]c2c1. The molecular weight excluding hydrogens is 196 g/mol. The second-order valence-corrected chi connectivity index (χ2v) is 4.38. The van der Waals surface area contributed by atoms with Gasteiger partial charge in [0.05, 0.1) is 16.9 Å². The van der Waals surface area contributed by atoms with Gasteiger partial charge in [0.2, 0.25) is 0 Å². The van der Waals surface area contributed by atoms with E-state index in [0.717, 1.165) is 22.5 Å². The number of rotatable bonds is 2. The molecule has 3 heteroatoms. The van der Waals surface area contributed by atoms with Crippen LogP contribution in [0.4, 0.5) is 0 Å². The number of aromatic nitrogens is 2. The number of H-pyrrole nitrogens is 1. The fourth-order valence-corrected chi connectivity index (χ4v) is 1.94. The van der Waals surface area contributed by atoms with Gasteiger partial charge in [-0.1, -0.05) is 25.4 Å². The molecule has 2 rings (SSSR count). The summed E-state index contributed by atoms with van der Waals surface area (Å²) >= 11 is 6.10. The Kier molecular flexibility index (Phi) is 2.46. The summed E-state index contributed by atoms with van der Waals surface area (Å²) in [4.78, 5) is 7.23. The minimum absolute atomic E-state index is 0.645. The van der Waals surface area contributed by atoms with Crippen molar-refractivity contribution in [3.63, 3.8) is 0 Å². The number of halogens is 1. The van der Waals surface area contributed by atoms with Crippen LogP contribution in [-0.4, -0.2) is 9.97 Å². The molecular formula is C11H13ClN2. The number of fused-ring (bicyclic) bond motifs is 1. The summed E-state index contributed by atoms with van der Waals surface area (Å²) in [6, 6.07) is 4.12. The smallest absolute Gasteiger partial charge is 0.107 e. The summed E-state index contributed by atoms with van der Waals surface area (Å²) in [7, 11) is 0. The Hall–Kier alpha value is -1.02. The van der Waals surface area contributed by atoms with Gasteiger partial charge in [-0.25, -0.2) is 4.98 Å². The van der Waals surface area contributed by atoms with E-state index in [1.165, 1.54) is 5.56 Å². The molecule has 1 heterocycles. The summed E-state index contributed by atoms with van der Waals surface area (Å²) < 4.78 is 0. The molecule has 74 valence electrons. The highest BCUT2D eigenvalue weighted by Crippen LogP contribution is 2.23. The highest BCUT2D eigenvalue weighted by molar-refractivity contribution is 6.35. The van der Waals surface area contributed by atoms with Crippen molar-refractivity contribution in [1.29, 1.82) is 0 Å². The van der Waals surface area contributed by atoms with E-state index in [1.807, 2.05) is 6.07 Å². The quantitative estimate of drug-likeness (QED) is 0.805. The summed E-state index contributed by atoms with van der Waals surface area (Å²) in [5.74, 6) is 0.645. The molecule has 0 spiro atoms. The van der Waals surface area contributed by atoms with Gasteiger partial charge in [0.1, 0.15) is 5.52 Å². The number of imidazole rings is 1. The molecule has 0 atom stereocenters. The van der Waals surface area contributed by atoms with E-state index in [1.54, 1.807) is 6.33 Å². The van der Waals surface area contributed by atoms with Gasteiger partial charge in [-0.3, -0.25) is 0 Å². The minimum Gasteiger partial charge on any atom is -0.345 e. The second-order valence-electron chi connectivity index (χ2n) is 3.97. The average molecular weight is 209 g/mol. The van der Waals surface area contributed by atoms with Crippen LogP contribution in [0, 0.1) is 5.92 Å². The fourth-order valence-electron chi connectivity index (χ4n) is 1.65. The van der Waals surface area contributed by atoms with Gasteiger partial charge in [-0.15, -0.1) is 0 Å². The number of hydrogen-bond donors (Lipinski definition) is 1. The molecule has 0 saturated carbocycles. The Labute approximate surface area is 88.3 Å². The predicted octanol–water partition coefficient (Wildman–Crippen LogP) is 3.41. The standard InChI is InChI=1S/C11H13ClN2/c1-7(2)3-8-4-9(12)11-10(5-8)13-6-14-11/h4-7H,3H2,1-2H3,(H,13,14). The molecule has 0 amide bonds. The van der Waals surface area contributed by atoms with Crippen molar-refractivity contribution in [3.8, 4) is 0 Å². The summed E-state index contributed by atoms with van der Waals surface area (Å²) in [6.45, 7) is 4.40. The van der Waals surface area contributed by atoms with Gasteiger partial charge in [-0.2, -0.15) is 0 Å². The highest BCUT2D eigenvalue weighted by Gasteiger charge is 2.05. The molecule has 1 aromatic carbocycles. The van der Waals surface area contributed by atoms with Crippen LogP contribution in [0.5, 0.6) is 0 Å². The molecule has 1 N–H and O–H groups in total. The zero-order chi connectivity index (χ0) is 10.1. The van der Waals surface area contributed by atoms with E-state index in [-0.39, 0.29) is 0 Å². The normalized spacial score (nSPS) is 11.4. The molecule has 0 bridgehead atoms. The molecule has 0 aliphatic heterocycles. The second kappa shape index (κ2) is 3.62. The molecule has 0 unspecified atom stereocenters. The third-order valence-corrected chi connectivity index (χ3v) is 2.47. The first kappa shape index (κ1) is 9.53. The number of nitrogens with zero attached hydrogens (tertiary/aromatic N) is 1. The molecule has 0 aliphatic rings. The number of hydrogen-bond acceptors (Lipinski definition) is 1. The van der Waals surface area contributed by atoms with Crippen molar-refractivity contribution in [1.82, 2.24) is 9.97 Å². The summed E-state index contributed by atoms with van der Waals surface area (Å²) in [5, 5.41) is 0.736. The average Bonchev–Trinajstić information content (AvgIpc) is 2.50. The van der Waals surface area contributed by atoms with E-state index < -0.39 is 0 Å². The van der Waals surface area contributed by atoms with Gasteiger partial charge >= 0.3 is 0 Å². The lowest BCUT2D eigenvalue weighted by Crippen LogP contribution is -1.93. The molecule has 2 aromatic rings. The molecule has 0 fully saturated rings. The van der Waals surface area contributed by atoms with Crippen molar-refractivity contribution in [2.75, 3.05) is 0 Å². The van der Waals surface area contributed by atoms with E-state index in [2.05, 4.69) is 29.9 Å². The van der Waals surface area contributed by atoms with Crippen molar-refractivity contribution in [2.24, 2.45) is 5.92 Å². The Balaban J connectivity index is 2.47. The van der Waals surface area contributed by atoms with Gasteiger partial charge < -0.3 is 4.98 Å². The Morgan fingerprint density at radius 3 is 2.93 bits per heavy atom. The minimum atomic E-state index is 0.645. The van der Waals surface area contributed by atoms with Crippen LogP contribution in [0.3, 0.4) is 0 Å². The third-order valence-electron chi connectivity index (χ3n) is 2.18. The lowest BCUT2D eigenvalue weighted by atomic mass is 10.0. The van der Waals surface area contributed by atoms with Crippen LogP contribution in [0.1, 0.15) is 19.4 Å². The maximum atomic E-state index is 6.10. The Morgan fingerprint density at radius 1 is 1.43 bits per heavy atom. The van der Waals surface area contributed by atoms with Crippen LogP contribution < -0.4 is 0 Å². The number of nitrogens with one attached hydrogen (secondary N) is 1. The van der Waals surface area contributed by atoms with E-state index in [9.17, 15) is 0 Å². The summed E-state index contributed by atoms with van der Waals surface area (Å²) in [5.41, 5.74) is 3.15. The lowest BCUT2D eigenvalue weighted by molar-refractivity contribution is 0.648. The first-order valence-corrected chi connectivity index (χ1v) is 5.16. The number of benzene rings is 1. The van der Waals surface area contributed by atoms with E-state index >= 15 is 0 Å². The van der Waals surface area contributed by atoms with Crippen molar-refractivity contribution in [2.45, 2.75) is 20.3 Å². The molecule has 14 heavy (non-hydrogen) atoms. The molecule has 2 nitrogen and oxygen atoms in total. The molecule has 0 radical (unpaired) electrons. The van der Waals surface area contributed by atoms with Crippen LogP contribution >= 0.6 is 11.6 Å². The number of aromatic amines is 1. The van der Waals surface area contributed by atoms with Crippen molar-refractivity contribution >= 4 is 22.6 Å². The van der Waals surface area contributed by atoms with Crippen molar-refractivity contribution < 1.29 is 0 Å². The predicted molar refractivity (Wildman–Crippen MR) is 59.6 cm³/mol. The van der Waals surface area contributed by atoms with Gasteiger partial charge in [0.25, 0.3) is 0 Å². The lowest BCUT2D eigenvalue weighted by Gasteiger charge is -2.05. The highest BCUT2D eigenvalue weighted by atomic mass is 35.5. The van der Waals surface area contributed by atoms with Gasteiger partial charge in [0.15, 0.2) is 0 Å². The summed E-state index contributed by atoms with van der Waals surface area (Å²) in [6.07, 6.45) is 2.73. The fraction of sp³-hybridized carbons (Fsp3) is 0.364. The van der Waals surface area contributed by atoms with Gasteiger partial charge in [0, 0.05) is 0 Å². The topological polar surface area (TPSA) is 28.7 Å². The van der Waals surface area contributed by atoms with Crippen LogP contribution in [0.15, 0.2) is 18.5 Å². The monoisotopic (exact) mass is 208 g/mol. The van der Waals surface area contributed by atoms with E-state index in [4.69, 9.17) is 11.6 Å². The Bertz CT molecular complexity index is 445. The van der Waals surface area contributed by atoms with Crippen LogP contribution in [-0.2, 0) is 6.42 Å². The molecule has 1 aromatic heterocycles.